The molecule has 2 amide bonds. The topological polar surface area (TPSA) is 62.3 Å². The quantitative estimate of drug-likeness (QED) is 0.866. The van der Waals surface area contributed by atoms with E-state index >= 15 is 0 Å². The van der Waals surface area contributed by atoms with Crippen LogP contribution in [-0.2, 0) is 9.59 Å². The summed E-state index contributed by atoms with van der Waals surface area (Å²) in [6.45, 7) is 1.94. The normalized spacial score (nSPS) is 23.7. The predicted octanol–water partition coefficient (Wildman–Crippen LogP) is 2.26. The van der Waals surface area contributed by atoms with E-state index in [1.807, 2.05) is 19.1 Å². The van der Waals surface area contributed by atoms with Gasteiger partial charge in [0.05, 0.1) is 6.42 Å². The fraction of sp³-hybridized carbons (Fsp3) is 0.562. The lowest BCUT2D eigenvalue weighted by Crippen LogP contribution is -2.43. The van der Waals surface area contributed by atoms with Crippen molar-refractivity contribution in [2.75, 3.05) is 5.32 Å². The minimum Gasteiger partial charge on any atom is -0.358 e. The van der Waals surface area contributed by atoms with Gasteiger partial charge in [-0.25, -0.2) is 4.98 Å². The lowest BCUT2D eigenvalue weighted by molar-refractivity contribution is -0.141. The molecule has 5 heteroatoms. The first-order valence-corrected chi connectivity index (χ1v) is 7.71. The Morgan fingerprint density at radius 1 is 1.24 bits per heavy atom. The number of pyridine rings is 1. The van der Waals surface area contributed by atoms with Crippen molar-refractivity contribution in [3.8, 4) is 0 Å². The summed E-state index contributed by atoms with van der Waals surface area (Å²) >= 11 is 0. The number of amides is 2. The van der Waals surface area contributed by atoms with Gasteiger partial charge in [0.15, 0.2) is 0 Å². The Bertz CT molecular complexity index is 552. The maximum atomic E-state index is 12.5. The molecule has 0 spiro atoms. The van der Waals surface area contributed by atoms with Gasteiger partial charge in [0.25, 0.3) is 5.91 Å². The van der Waals surface area contributed by atoms with Crippen LogP contribution in [0, 0.1) is 6.92 Å². The molecule has 1 aromatic heterocycles. The van der Waals surface area contributed by atoms with Crippen LogP contribution in [0.4, 0.5) is 5.82 Å². The molecule has 2 fully saturated rings. The van der Waals surface area contributed by atoms with Crippen molar-refractivity contribution in [3.63, 3.8) is 0 Å². The molecule has 0 bridgehead atoms. The van der Waals surface area contributed by atoms with Gasteiger partial charge in [-0.3, -0.25) is 14.5 Å². The molecule has 112 valence electrons. The largest absolute Gasteiger partial charge is 0.358 e. The molecule has 2 aliphatic rings. The number of aromatic nitrogens is 1. The molecule has 1 N–H and O–H groups in total. The number of hydrogen-bond donors (Lipinski definition) is 1. The van der Waals surface area contributed by atoms with E-state index in [0.29, 0.717) is 5.82 Å². The first-order chi connectivity index (χ1) is 10.2. The first kappa shape index (κ1) is 14.0. The lowest BCUT2D eigenvalue weighted by Gasteiger charge is -2.29. The fourth-order valence-corrected chi connectivity index (χ4v) is 3.29. The molecule has 1 atom stereocenters. The van der Waals surface area contributed by atoms with Gasteiger partial charge in [-0.15, -0.1) is 0 Å². The Balaban J connectivity index is 1.72. The van der Waals surface area contributed by atoms with Crippen LogP contribution >= 0.6 is 0 Å². The highest BCUT2D eigenvalue weighted by atomic mass is 16.2. The summed E-state index contributed by atoms with van der Waals surface area (Å²) in [5, 5.41) is 3.14. The molecular formula is C16H21N3O2. The number of carbonyl (C=O) groups excluding carboxylic acids is 2. The molecule has 1 aliphatic heterocycles. The van der Waals surface area contributed by atoms with Crippen LogP contribution < -0.4 is 5.32 Å². The number of carbonyl (C=O) groups is 2. The van der Waals surface area contributed by atoms with Gasteiger partial charge in [-0.05, 0) is 31.4 Å². The highest BCUT2D eigenvalue weighted by molar-refractivity contribution is 6.07. The van der Waals surface area contributed by atoms with Crippen molar-refractivity contribution >= 4 is 17.6 Å². The molecule has 3 rings (SSSR count). The van der Waals surface area contributed by atoms with Crippen molar-refractivity contribution in [1.82, 2.24) is 9.88 Å². The van der Waals surface area contributed by atoms with Crippen molar-refractivity contribution in [1.29, 1.82) is 0 Å². The third-order valence-corrected chi connectivity index (χ3v) is 4.44. The van der Waals surface area contributed by atoms with Gasteiger partial charge < -0.3 is 5.32 Å². The molecule has 2 heterocycles. The van der Waals surface area contributed by atoms with E-state index in [1.54, 1.807) is 6.20 Å². The third kappa shape index (κ3) is 2.77. The number of nitrogens with zero attached hydrogens (tertiary/aromatic N) is 2. The smallest absolute Gasteiger partial charge is 0.252 e. The molecular weight excluding hydrogens is 266 g/mol. The molecule has 1 unspecified atom stereocenters. The Labute approximate surface area is 124 Å². The van der Waals surface area contributed by atoms with Crippen molar-refractivity contribution in [3.05, 3.63) is 23.9 Å². The number of aryl methyl sites for hydroxylation is 1. The number of imide groups is 1. The number of likely N-dealkylation sites (tertiary alicyclic amines) is 1. The van der Waals surface area contributed by atoms with E-state index in [9.17, 15) is 9.59 Å². The molecule has 1 saturated carbocycles. The Morgan fingerprint density at radius 3 is 2.71 bits per heavy atom. The zero-order chi connectivity index (χ0) is 14.8. The SMILES string of the molecule is Cc1cccnc1NC1CC(=O)N(C2CCCCC2)C1=O. The number of hydrogen-bond acceptors (Lipinski definition) is 4. The first-order valence-electron chi connectivity index (χ1n) is 7.71. The second-order valence-electron chi connectivity index (χ2n) is 5.96. The van der Waals surface area contributed by atoms with E-state index in [0.717, 1.165) is 31.2 Å². The highest BCUT2D eigenvalue weighted by Gasteiger charge is 2.42. The lowest BCUT2D eigenvalue weighted by atomic mass is 9.94. The molecule has 1 aliphatic carbocycles. The van der Waals surface area contributed by atoms with Crippen LogP contribution in [0.25, 0.3) is 0 Å². The van der Waals surface area contributed by atoms with Crippen LogP contribution in [0.1, 0.15) is 44.1 Å². The summed E-state index contributed by atoms with van der Waals surface area (Å²) in [5.74, 6) is 0.559. The Kier molecular flexibility index (Phi) is 3.90. The molecule has 5 nitrogen and oxygen atoms in total. The summed E-state index contributed by atoms with van der Waals surface area (Å²) in [6.07, 6.45) is 7.26. The van der Waals surface area contributed by atoms with Crippen molar-refractivity contribution < 1.29 is 9.59 Å². The summed E-state index contributed by atoms with van der Waals surface area (Å²) in [4.78, 5) is 30.5. The molecule has 1 saturated heterocycles. The Morgan fingerprint density at radius 2 is 2.00 bits per heavy atom. The van der Waals surface area contributed by atoms with E-state index in [1.165, 1.54) is 11.3 Å². The van der Waals surface area contributed by atoms with Crippen LogP contribution in [0.5, 0.6) is 0 Å². The second-order valence-corrected chi connectivity index (χ2v) is 5.96. The van der Waals surface area contributed by atoms with Gasteiger partial charge in [0, 0.05) is 12.2 Å². The standard InChI is InChI=1S/C16H21N3O2/c1-11-6-5-9-17-15(11)18-13-10-14(20)19(16(13)21)12-7-3-2-4-8-12/h5-6,9,12-13H,2-4,7-8,10H2,1H3,(H,17,18). The summed E-state index contributed by atoms with van der Waals surface area (Å²) in [5.41, 5.74) is 0.980. The monoisotopic (exact) mass is 287 g/mol. The summed E-state index contributed by atoms with van der Waals surface area (Å²) in [7, 11) is 0. The Hall–Kier alpha value is -1.91. The van der Waals surface area contributed by atoms with Gasteiger partial charge in [-0.2, -0.15) is 0 Å². The summed E-state index contributed by atoms with van der Waals surface area (Å²) in [6, 6.07) is 3.44. The zero-order valence-electron chi connectivity index (χ0n) is 12.3. The van der Waals surface area contributed by atoms with Gasteiger partial charge >= 0.3 is 0 Å². The third-order valence-electron chi connectivity index (χ3n) is 4.44. The number of nitrogens with one attached hydrogen (secondary N) is 1. The highest BCUT2D eigenvalue weighted by Crippen LogP contribution is 2.28. The van der Waals surface area contributed by atoms with Gasteiger partial charge in [-0.1, -0.05) is 25.3 Å². The average molecular weight is 287 g/mol. The maximum Gasteiger partial charge on any atom is 0.252 e. The minimum absolute atomic E-state index is 0.0435. The second kappa shape index (κ2) is 5.84. The number of anilines is 1. The molecule has 0 aromatic carbocycles. The van der Waals surface area contributed by atoms with Gasteiger partial charge in [0.1, 0.15) is 11.9 Å². The van der Waals surface area contributed by atoms with Gasteiger partial charge in [0.2, 0.25) is 5.91 Å². The average Bonchev–Trinajstić information content (AvgIpc) is 2.77. The van der Waals surface area contributed by atoms with Crippen molar-refractivity contribution in [2.45, 2.75) is 57.5 Å². The van der Waals surface area contributed by atoms with Crippen LogP contribution in [0.2, 0.25) is 0 Å². The van der Waals surface area contributed by atoms with Crippen LogP contribution in [-0.4, -0.2) is 33.8 Å². The zero-order valence-corrected chi connectivity index (χ0v) is 12.3. The molecule has 1 aromatic rings. The molecule has 21 heavy (non-hydrogen) atoms. The van der Waals surface area contributed by atoms with E-state index in [2.05, 4.69) is 10.3 Å². The predicted molar refractivity (Wildman–Crippen MR) is 79.7 cm³/mol. The maximum absolute atomic E-state index is 12.5. The number of rotatable bonds is 3. The fourth-order valence-electron chi connectivity index (χ4n) is 3.29. The van der Waals surface area contributed by atoms with E-state index in [4.69, 9.17) is 0 Å². The van der Waals surface area contributed by atoms with E-state index in [-0.39, 0.29) is 24.3 Å². The van der Waals surface area contributed by atoms with E-state index < -0.39 is 6.04 Å². The molecule has 0 radical (unpaired) electrons. The van der Waals surface area contributed by atoms with Crippen LogP contribution in [0.3, 0.4) is 0 Å². The van der Waals surface area contributed by atoms with Crippen molar-refractivity contribution in [2.24, 2.45) is 0 Å². The summed E-state index contributed by atoms with van der Waals surface area (Å²) < 4.78 is 0. The minimum atomic E-state index is -0.465. The van der Waals surface area contributed by atoms with Crippen LogP contribution in [0.15, 0.2) is 18.3 Å².